The molecule has 0 amide bonds. The number of rotatable bonds is 10. The van der Waals surface area contributed by atoms with Crippen LogP contribution in [0.1, 0.15) is 46.5 Å². The molecule has 2 N–H and O–H groups in total. The average Bonchev–Trinajstić information content (AvgIpc) is 2.66. The smallest absolute Gasteiger partial charge is 0.261 e. The summed E-state index contributed by atoms with van der Waals surface area (Å²) in [5, 5.41) is 21.7. The molecule has 0 aliphatic carbocycles. The molecule has 148 valence electrons. The van der Waals surface area contributed by atoms with Gasteiger partial charge in [0.15, 0.2) is 0 Å². The maximum Gasteiger partial charge on any atom is 0.261 e. The van der Waals surface area contributed by atoms with E-state index < -0.39 is 8.32 Å². The summed E-state index contributed by atoms with van der Waals surface area (Å²) in [5.41, 5.74) is 0. The number of hydrogen-bond acceptors (Lipinski definition) is 3. The molecular weight excluding hydrogens is 352 g/mol. The molecule has 0 saturated heterocycles. The molecule has 2 rings (SSSR count). The Morgan fingerprint density at radius 3 is 1.81 bits per heavy atom. The molecule has 0 aromatic heterocycles. The maximum absolute atomic E-state index is 10.3. The van der Waals surface area contributed by atoms with Crippen molar-refractivity contribution in [3.05, 3.63) is 60.7 Å². The third-order valence-electron chi connectivity index (χ3n) is 5.13. The van der Waals surface area contributed by atoms with E-state index in [-0.39, 0.29) is 17.7 Å². The van der Waals surface area contributed by atoms with Gasteiger partial charge in [0.1, 0.15) is 0 Å². The largest absolute Gasteiger partial charge is 0.407 e. The van der Waals surface area contributed by atoms with Gasteiger partial charge >= 0.3 is 0 Å². The normalized spacial score (nSPS) is 13.5. The summed E-state index contributed by atoms with van der Waals surface area (Å²) in [5.74, 6) is 0. The van der Waals surface area contributed by atoms with Gasteiger partial charge in [0.2, 0.25) is 0 Å². The Balaban J connectivity index is 2.27. The average molecular weight is 387 g/mol. The highest BCUT2D eigenvalue weighted by Gasteiger charge is 2.49. The van der Waals surface area contributed by atoms with E-state index in [2.05, 4.69) is 69.3 Å². The number of aliphatic hydroxyl groups excluding tert-OH is 2. The van der Waals surface area contributed by atoms with Gasteiger partial charge < -0.3 is 14.6 Å². The van der Waals surface area contributed by atoms with Crippen LogP contribution in [0.4, 0.5) is 0 Å². The summed E-state index contributed by atoms with van der Waals surface area (Å²) in [7, 11) is -2.51. The van der Waals surface area contributed by atoms with E-state index in [1.165, 1.54) is 10.4 Å². The molecule has 0 aliphatic heterocycles. The highest BCUT2D eigenvalue weighted by atomic mass is 28.4. The predicted octanol–water partition coefficient (Wildman–Crippen LogP) is 3.48. The molecule has 0 saturated carbocycles. The van der Waals surface area contributed by atoms with Crippen molar-refractivity contribution in [3.8, 4) is 0 Å². The lowest BCUT2D eigenvalue weighted by atomic mass is 10.1. The topological polar surface area (TPSA) is 49.7 Å². The molecule has 0 heterocycles. The minimum atomic E-state index is -2.51. The zero-order chi connectivity index (χ0) is 19.8. The van der Waals surface area contributed by atoms with Gasteiger partial charge in [-0.2, -0.15) is 0 Å². The molecule has 0 unspecified atom stereocenters. The van der Waals surface area contributed by atoms with Gasteiger partial charge in [-0.1, -0.05) is 81.4 Å². The maximum atomic E-state index is 10.3. The van der Waals surface area contributed by atoms with Gasteiger partial charge in [-0.15, -0.1) is 0 Å². The Morgan fingerprint density at radius 1 is 0.852 bits per heavy atom. The second kappa shape index (κ2) is 10.2. The number of unbranched alkanes of at least 4 members (excludes halogenated alkanes) is 1. The first-order chi connectivity index (χ1) is 12.9. The second-order valence-electron chi connectivity index (χ2n) is 8.17. The van der Waals surface area contributed by atoms with E-state index in [1.54, 1.807) is 0 Å². The summed E-state index contributed by atoms with van der Waals surface area (Å²) in [4.78, 5) is 0. The van der Waals surface area contributed by atoms with Gasteiger partial charge in [-0.25, -0.2) is 0 Å². The van der Waals surface area contributed by atoms with Crippen LogP contribution >= 0.6 is 0 Å². The first kappa shape index (κ1) is 21.8. The van der Waals surface area contributed by atoms with Crippen LogP contribution in [0.2, 0.25) is 5.04 Å². The standard InChI is InChI=1S/C23H34O3Si/c1-23(2,3)27(21-13-6-4-7-14-21,22-15-8-5-9-16-22)26-19-17-20(25)12-10-11-18-24/h4-9,13-16,20,24-25H,10-12,17-19H2,1-3H3/t20-/m1/s1. The third kappa shape index (κ3) is 5.52. The first-order valence-electron chi connectivity index (χ1n) is 9.96. The Morgan fingerprint density at radius 2 is 1.37 bits per heavy atom. The molecule has 27 heavy (non-hydrogen) atoms. The van der Waals surface area contributed by atoms with Crippen LogP contribution in [0.25, 0.3) is 0 Å². The lowest BCUT2D eigenvalue weighted by molar-refractivity contribution is 0.123. The van der Waals surface area contributed by atoms with E-state index in [0.29, 0.717) is 19.4 Å². The summed E-state index contributed by atoms with van der Waals surface area (Å²) in [6.07, 6.45) is 2.54. The van der Waals surface area contributed by atoms with Crippen molar-refractivity contribution in [1.82, 2.24) is 0 Å². The monoisotopic (exact) mass is 386 g/mol. The molecule has 2 aromatic rings. The molecule has 4 heteroatoms. The van der Waals surface area contributed by atoms with Gasteiger partial charge in [0, 0.05) is 13.2 Å². The SMILES string of the molecule is CC(C)(C)[Si](OCC[C@H](O)CCCCO)(c1ccccc1)c1ccccc1. The van der Waals surface area contributed by atoms with E-state index in [1.807, 2.05) is 12.1 Å². The molecule has 3 nitrogen and oxygen atoms in total. The summed E-state index contributed by atoms with van der Waals surface area (Å²) >= 11 is 0. The van der Waals surface area contributed by atoms with Gasteiger partial charge in [0.25, 0.3) is 8.32 Å². The summed E-state index contributed by atoms with van der Waals surface area (Å²) in [6, 6.07) is 21.1. The van der Waals surface area contributed by atoms with Crippen molar-refractivity contribution in [2.45, 2.75) is 57.6 Å². The third-order valence-corrected chi connectivity index (χ3v) is 10.2. The van der Waals surface area contributed by atoms with Crippen LogP contribution in [0.5, 0.6) is 0 Å². The van der Waals surface area contributed by atoms with Crippen LogP contribution < -0.4 is 10.4 Å². The van der Waals surface area contributed by atoms with Crippen LogP contribution in [0.15, 0.2) is 60.7 Å². The molecule has 0 bridgehead atoms. The second-order valence-corrected chi connectivity index (χ2v) is 12.5. The van der Waals surface area contributed by atoms with Crippen molar-refractivity contribution in [2.75, 3.05) is 13.2 Å². The van der Waals surface area contributed by atoms with Crippen LogP contribution in [-0.2, 0) is 4.43 Å². The molecule has 0 spiro atoms. The van der Waals surface area contributed by atoms with Crippen LogP contribution in [-0.4, -0.2) is 37.8 Å². The van der Waals surface area contributed by atoms with Crippen molar-refractivity contribution in [2.24, 2.45) is 0 Å². The molecule has 0 aliphatic rings. The van der Waals surface area contributed by atoms with Crippen molar-refractivity contribution < 1.29 is 14.6 Å². The number of benzene rings is 2. The van der Waals surface area contributed by atoms with Crippen LogP contribution in [0, 0.1) is 0 Å². The number of hydrogen-bond donors (Lipinski definition) is 2. The number of aliphatic hydroxyl groups is 2. The molecule has 1 atom stereocenters. The fourth-order valence-corrected chi connectivity index (χ4v) is 8.33. The van der Waals surface area contributed by atoms with Crippen LogP contribution in [0.3, 0.4) is 0 Å². The molecule has 0 radical (unpaired) electrons. The van der Waals surface area contributed by atoms with E-state index in [9.17, 15) is 5.11 Å². The van der Waals surface area contributed by atoms with Crippen molar-refractivity contribution in [3.63, 3.8) is 0 Å². The highest BCUT2D eigenvalue weighted by Crippen LogP contribution is 2.36. The predicted molar refractivity (Wildman–Crippen MR) is 115 cm³/mol. The van der Waals surface area contributed by atoms with Gasteiger partial charge in [0.05, 0.1) is 6.10 Å². The fraction of sp³-hybridized carbons (Fsp3) is 0.478. The Bertz CT molecular complexity index is 613. The quantitative estimate of drug-likeness (QED) is 0.485. The minimum absolute atomic E-state index is 0.0441. The lowest BCUT2D eigenvalue weighted by Crippen LogP contribution is -2.66. The minimum Gasteiger partial charge on any atom is -0.407 e. The van der Waals surface area contributed by atoms with Gasteiger partial charge in [-0.3, -0.25) is 0 Å². The highest BCUT2D eigenvalue weighted by molar-refractivity contribution is 6.99. The summed E-state index contributed by atoms with van der Waals surface area (Å²) < 4.78 is 6.77. The van der Waals surface area contributed by atoms with E-state index in [4.69, 9.17) is 9.53 Å². The first-order valence-corrected chi connectivity index (χ1v) is 11.9. The van der Waals surface area contributed by atoms with E-state index >= 15 is 0 Å². The lowest BCUT2D eigenvalue weighted by Gasteiger charge is -2.43. The zero-order valence-corrected chi connectivity index (χ0v) is 17.9. The Labute approximate surface area is 165 Å². The van der Waals surface area contributed by atoms with Gasteiger partial charge in [-0.05, 0) is 41.1 Å². The zero-order valence-electron chi connectivity index (χ0n) is 16.9. The molecule has 0 fully saturated rings. The van der Waals surface area contributed by atoms with Crippen molar-refractivity contribution in [1.29, 1.82) is 0 Å². The Hall–Kier alpha value is -1.46. The molecule has 2 aromatic carbocycles. The summed E-state index contributed by atoms with van der Waals surface area (Å²) in [6.45, 7) is 7.50. The van der Waals surface area contributed by atoms with E-state index in [0.717, 1.165) is 12.8 Å². The van der Waals surface area contributed by atoms with Crippen molar-refractivity contribution >= 4 is 18.7 Å². The Kier molecular flexibility index (Phi) is 8.23. The molecular formula is C23H34O3Si. The fourth-order valence-electron chi connectivity index (χ4n) is 3.75.